The Balaban J connectivity index is 0.00000784. The quantitative estimate of drug-likeness (QED) is 0.183. The molecular formula is C20H34IN5O3. The number of guanidine groups is 1. The lowest BCUT2D eigenvalue weighted by Gasteiger charge is -2.19. The summed E-state index contributed by atoms with van der Waals surface area (Å²) in [5.41, 5.74) is 1.47. The van der Waals surface area contributed by atoms with E-state index in [1.807, 2.05) is 45.0 Å². The summed E-state index contributed by atoms with van der Waals surface area (Å²) >= 11 is 0. The Bertz CT molecular complexity index is 657. The number of carbonyl (C=O) groups is 2. The molecule has 0 heterocycles. The maximum absolute atomic E-state index is 11.6. The Morgan fingerprint density at radius 3 is 2.14 bits per heavy atom. The molecule has 1 rings (SSSR count). The molecule has 0 aliphatic heterocycles. The van der Waals surface area contributed by atoms with Crippen molar-refractivity contribution in [2.24, 2.45) is 4.99 Å². The van der Waals surface area contributed by atoms with Crippen molar-refractivity contribution >= 4 is 47.6 Å². The van der Waals surface area contributed by atoms with E-state index in [0.29, 0.717) is 19.0 Å². The van der Waals surface area contributed by atoms with E-state index < -0.39 is 11.7 Å². The predicted molar refractivity (Wildman–Crippen MR) is 128 cm³/mol. The third-order valence-corrected chi connectivity index (χ3v) is 3.52. The number of benzene rings is 1. The lowest BCUT2D eigenvalue weighted by molar-refractivity contribution is -0.114. The highest BCUT2D eigenvalue weighted by Gasteiger charge is 2.15. The molecule has 2 amide bonds. The van der Waals surface area contributed by atoms with Crippen LogP contribution in [0.15, 0.2) is 29.3 Å². The maximum Gasteiger partial charge on any atom is 0.407 e. The van der Waals surface area contributed by atoms with Crippen molar-refractivity contribution in [3.8, 4) is 0 Å². The summed E-state index contributed by atoms with van der Waals surface area (Å²) in [5.74, 6) is 0.637. The fraction of sp³-hybridized carbons (Fsp3) is 0.550. The van der Waals surface area contributed by atoms with Crippen LogP contribution < -0.4 is 21.3 Å². The molecule has 1 aromatic rings. The van der Waals surface area contributed by atoms with Gasteiger partial charge in [0.25, 0.3) is 0 Å². The fourth-order valence-corrected chi connectivity index (χ4v) is 2.30. The predicted octanol–water partition coefficient (Wildman–Crippen LogP) is 2.89. The molecule has 0 saturated carbocycles. The molecule has 0 unspecified atom stereocenters. The number of aliphatic imine (C=N–C) groups is 1. The largest absolute Gasteiger partial charge is 0.444 e. The number of ether oxygens (including phenoxy) is 1. The molecule has 1 aromatic carbocycles. The SMILES string of the molecule is CN=C(NCCCNC(=O)OC(C)(C)C)NCCc1ccc(NC(C)=O)cc1.I. The molecule has 0 radical (unpaired) electrons. The van der Waals surface area contributed by atoms with Crippen LogP contribution in [-0.4, -0.2) is 50.2 Å². The number of nitrogens with one attached hydrogen (secondary N) is 4. The first-order valence-electron chi connectivity index (χ1n) is 9.47. The van der Waals surface area contributed by atoms with Gasteiger partial charge >= 0.3 is 6.09 Å². The summed E-state index contributed by atoms with van der Waals surface area (Å²) in [6.07, 6.45) is 1.19. The molecule has 164 valence electrons. The van der Waals surface area contributed by atoms with E-state index in [0.717, 1.165) is 25.1 Å². The van der Waals surface area contributed by atoms with Gasteiger partial charge in [0, 0.05) is 39.3 Å². The highest BCUT2D eigenvalue weighted by molar-refractivity contribution is 14.0. The first-order valence-corrected chi connectivity index (χ1v) is 9.47. The molecule has 0 bridgehead atoms. The molecule has 0 aliphatic rings. The van der Waals surface area contributed by atoms with E-state index in [1.165, 1.54) is 12.5 Å². The Kier molecular flexibility index (Phi) is 13.0. The van der Waals surface area contributed by atoms with Crippen LogP contribution in [0.25, 0.3) is 0 Å². The second-order valence-electron chi connectivity index (χ2n) is 7.34. The van der Waals surface area contributed by atoms with E-state index in [1.54, 1.807) is 7.05 Å². The van der Waals surface area contributed by atoms with Gasteiger partial charge < -0.3 is 26.0 Å². The van der Waals surface area contributed by atoms with Crippen LogP contribution in [0.5, 0.6) is 0 Å². The zero-order valence-electron chi connectivity index (χ0n) is 17.9. The molecular weight excluding hydrogens is 485 g/mol. The zero-order valence-corrected chi connectivity index (χ0v) is 20.3. The van der Waals surface area contributed by atoms with Crippen molar-refractivity contribution in [3.63, 3.8) is 0 Å². The summed E-state index contributed by atoms with van der Waals surface area (Å²) in [4.78, 5) is 26.8. The standard InChI is InChI=1S/C20H33N5O3.HI/c1-15(26)25-17-9-7-16(8-10-17)11-14-23-18(21-5)22-12-6-13-24-19(27)28-20(2,3)4;/h7-10H,6,11-14H2,1-5H3,(H,24,27)(H,25,26)(H2,21,22,23);1H. The highest BCUT2D eigenvalue weighted by atomic mass is 127. The van der Waals surface area contributed by atoms with Gasteiger partial charge in [-0.15, -0.1) is 24.0 Å². The lowest BCUT2D eigenvalue weighted by atomic mass is 10.1. The van der Waals surface area contributed by atoms with E-state index in [4.69, 9.17) is 4.74 Å². The van der Waals surface area contributed by atoms with Gasteiger partial charge in [0.1, 0.15) is 5.60 Å². The van der Waals surface area contributed by atoms with E-state index in [-0.39, 0.29) is 29.9 Å². The van der Waals surface area contributed by atoms with Crippen molar-refractivity contribution in [3.05, 3.63) is 29.8 Å². The molecule has 9 heteroatoms. The van der Waals surface area contributed by atoms with Gasteiger partial charge in [-0.1, -0.05) is 12.1 Å². The van der Waals surface area contributed by atoms with Crippen molar-refractivity contribution in [2.45, 2.75) is 46.1 Å². The summed E-state index contributed by atoms with van der Waals surface area (Å²) in [7, 11) is 1.72. The zero-order chi connectivity index (χ0) is 21.0. The minimum atomic E-state index is -0.488. The van der Waals surface area contributed by atoms with Gasteiger partial charge in [-0.05, 0) is 51.3 Å². The Labute approximate surface area is 190 Å². The van der Waals surface area contributed by atoms with Gasteiger partial charge in [-0.25, -0.2) is 4.79 Å². The Morgan fingerprint density at radius 1 is 1.00 bits per heavy atom. The molecule has 8 nitrogen and oxygen atoms in total. The normalized spacial score (nSPS) is 11.1. The molecule has 0 atom stereocenters. The lowest BCUT2D eigenvalue weighted by Crippen LogP contribution is -2.40. The van der Waals surface area contributed by atoms with Crippen LogP contribution in [0.1, 0.15) is 39.7 Å². The second kappa shape index (κ2) is 14.0. The molecule has 0 aromatic heterocycles. The molecule has 4 N–H and O–H groups in total. The van der Waals surface area contributed by atoms with Crippen molar-refractivity contribution in [2.75, 3.05) is 32.0 Å². The minimum absolute atomic E-state index is 0. The monoisotopic (exact) mass is 519 g/mol. The van der Waals surface area contributed by atoms with Gasteiger partial charge in [0.05, 0.1) is 0 Å². The number of nitrogens with zero attached hydrogens (tertiary/aromatic N) is 1. The van der Waals surface area contributed by atoms with Crippen LogP contribution in [0.4, 0.5) is 10.5 Å². The maximum atomic E-state index is 11.6. The average Bonchev–Trinajstić information content (AvgIpc) is 2.59. The van der Waals surface area contributed by atoms with Crippen molar-refractivity contribution < 1.29 is 14.3 Å². The number of hydrogen-bond donors (Lipinski definition) is 4. The third-order valence-electron chi connectivity index (χ3n) is 3.52. The summed E-state index contributed by atoms with van der Waals surface area (Å²) in [6, 6.07) is 7.76. The third kappa shape index (κ3) is 13.7. The fourth-order valence-electron chi connectivity index (χ4n) is 2.30. The average molecular weight is 519 g/mol. The summed E-state index contributed by atoms with van der Waals surface area (Å²) < 4.78 is 5.18. The minimum Gasteiger partial charge on any atom is -0.444 e. The van der Waals surface area contributed by atoms with E-state index in [2.05, 4.69) is 26.3 Å². The van der Waals surface area contributed by atoms with E-state index >= 15 is 0 Å². The van der Waals surface area contributed by atoms with Crippen LogP contribution >= 0.6 is 24.0 Å². The van der Waals surface area contributed by atoms with Crippen LogP contribution in [0.3, 0.4) is 0 Å². The van der Waals surface area contributed by atoms with Gasteiger partial charge in [-0.3, -0.25) is 9.79 Å². The van der Waals surface area contributed by atoms with Gasteiger partial charge in [-0.2, -0.15) is 0 Å². The molecule has 0 aliphatic carbocycles. The molecule has 29 heavy (non-hydrogen) atoms. The highest BCUT2D eigenvalue weighted by Crippen LogP contribution is 2.09. The number of halogens is 1. The molecule has 0 spiro atoms. The number of anilines is 1. The van der Waals surface area contributed by atoms with Crippen LogP contribution in [-0.2, 0) is 16.0 Å². The smallest absolute Gasteiger partial charge is 0.407 e. The second-order valence-corrected chi connectivity index (χ2v) is 7.34. The number of alkyl carbamates (subject to hydrolysis) is 1. The van der Waals surface area contributed by atoms with Crippen LogP contribution in [0.2, 0.25) is 0 Å². The van der Waals surface area contributed by atoms with Gasteiger partial charge in [0.2, 0.25) is 5.91 Å². The number of rotatable bonds is 8. The van der Waals surface area contributed by atoms with Crippen molar-refractivity contribution in [1.82, 2.24) is 16.0 Å². The van der Waals surface area contributed by atoms with Crippen molar-refractivity contribution in [1.29, 1.82) is 0 Å². The number of amides is 2. The Morgan fingerprint density at radius 2 is 1.59 bits per heavy atom. The first kappa shape index (κ1) is 27.0. The van der Waals surface area contributed by atoms with Gasteiger partial charge in [0.15, 0.2) is 5.96 Å². The summed E-state index contributed by atoms with van der Waals surface area (Å²) in [5, 5.41) is 11.9. The Hall–Kier alpha value is -2.04. The summed E-state index contributed by atoms with van der Waals surface area (Å²) in [6.45, 7) is 8.93. The first-order chi connectivity index (χ1) is 13.2. The topological polar surface area (TPSA) is 104 Å². The number of carbonyl (C=O) groups excluding carboxylic acids is 2. The van der Waals surface area contributed by atoms with E-state index in [9.17, 15) is 9.59 Å². The number of hydrogen-bond acceptors (Lipinski definition) is 4. The van der Waals surface area contributed by atoms with Crippen LogP contribution in [0, 0.1) is 0 Å². The molecule has 0 saturated heterocycles. The molecule has 0 fully saturated rings.